The van der Waals surface area contributed by atoms with Crippen molar-refractivity contribution in [2.75, 3.05) is 14.2 Å². The highest BCUT2D eigenvalue weighted by Gasteiger charge is 2.18. The number of hydrogen-bond acceptors (Lipinski definition) is 5. The Kier molecular flexibility index (Phi) is 4.56. The highest BCUT2D eigenvalue weighted by Crippen LogP contribution is 2.20. The zero-order valence-corrected chi connectivity index (χ0v) is 13.5. The van der Waals surface area contributed by atoms with Crippen molar-refractivity contribution in [1.29, 1.82) is 0 Å². The smallest absolute Gasteiger partial charge is 0.276 e. The molecule has 6 nitrogen and oxygen atoms in total. The number of aromatic nitrogens is 2. The molecule has 2 heterocycles. The summed E-state index contributed by atoms with van der Waals surface area (Å²) in [5, 5.41) is 3.87. The SMILES string of the molecule is COc1ccc(CN(C)C(=O)c2cc(-c3cccnc3)on2)cc1. The lowest BCUT2D eigenvalue weighted by Gasteiger charge is -2.15. The van der Waals surface area contributed by atoms with E-state index in [0.29, 0.717) is 12.3 Å². The van der Waals surface area contributed by atoms with Crippen molar-refractivity contribution in [2.45, 2.75) is 6.54 Å². The van der Waals surface area contributed by atoms with Gasteiger partial charge in [-0.25, -0.2) is 0 Å². The molecule has 0 aliphatic rings. The second-order valence-electron chi connectivity index (χ2n) is 5.33. The van der Waals surface area contributed by atoms with Crippen molar-refractivity contribution in [3.05, 3.63) is 66.1 Å². The van der Waals surface area contributed by atoms with E-state index in [1.807, 2.05) is 30.3 Å². The Hall–Kier alpha value is -3.15. The zero-order valence-electron chi connectivity index (χ0n) is 13.5. The molecule has 2 aromatic heterocycles. The maximum atomic E-state index is 12.5. The van der Waals surface area contributed by atoms with Crippen molar-refractivity contribution >= 4 is 5.91 Å². The van der Waals surface area contributed by atoms with Crippen LogP contribution in [0.4, 0.5) is 0 Å². The zero-order chi connectivity index (χ0) is 16.9. The van der Waals surface area contributed by atoms with Gasteiger partial charge in [0.2, 0.25) is 0 Å². The summed E-state index contributed by atoms with van der Waals surface area (Å²) in [6.07, 6.45) is 3.34. The van der Waals surface area contributed by atoms with E-state index >= 15 is 0 Å². The maximum Gasteiger partial charge on any atom is 0.276 e. The Balaban J connectivity index is 1.70. The standard InChI is InChI=1S/C18H17N3O3/c1-21(12-13-5-7-15(23-2)8-6-13)18(22)16-10-17(24-20-16)14-4-3-9-19-11-14/h3-11H,12H2,1-2H3. The van der Waals surface area contributed by atoms with Gasteiger partial charge in [0.05, 0.1) is 7.11 Å². The maximum absolute atomic E-state index is 12.5. The number of methoxy groups -OCH3 is 1. The van der Waals surface area contributed by atoms with E-state index in [1.54, 1.807) is 43.6 Å². The molecule has 0 atom stereocenters. The fourth-order valence-corrected chi connectivity index (χ4v) is 2.29. The molecule has 24 heavy (non-hydrogen) atoms. The Morgan fingerprint density at radius 3 is 2.71 bits per heavy atom. The molecular formula is C18H17N3O3. The van der Waals surface area contributed by atoms with Crippen LogP contribution in [0.2, 0.25) is 0 Å². The van der Waals surface area contributed by atoms with E-state index in [0.717, 1.165) is 16.9 Å². The number of carbonyl (C=O) groups excluding carboxylic acids is 1. The average Bonchev–Trinajstić information content (AvgIpc) is 3.12. The Labute approximate surface area is 139 Å². The molecule has 1 amide bonds. The first-order chi connectivity index (χ1) is 11.7. The van der Waals surface area contributed by atoms with Gasteiger partial charge in [0, 0.05) is 37.6 Å². The summed E-state index contributed by atoms with van der Waals surface area (Å²) in [5.41, 5.74) is 2.05. The van der Waals surface area contributed by atoms with Gasteiger partial charge in [0.1, 0.15) is 5.75 Å². The first-order valence-electron chi connectivity index (χ1n) is 7.43. The van der Waals surface area contributed by atoms with Crippen LogP contribution >= 0.6 is 0 Å². The summed E-state index contributed by atoms with van der Waals surface area (Å²) >= 11 is 0. The lowest BCUT2D eigenvalue weighted by molar-refractivity contribution is 0.0775. The molecule has 0 radical (unpaired) electrons. The number of hydrogen-bond donors (Lipinski definition) is 0. The molecule has 0 aliphatic carbocycles. The molecule has 3 rings (SSSR count). The lowest BCUT2D eigenvalue weighted by Crippen LogP contribution is -2.26. The Bertz CT molecular complexity index is 813. The van der Waals surface area contributed by atoms with Crippen LogP contribution in [0.3, 0.4) is 0 Å². The number of rotatable bonds is 5. The highest BCUT2D eigenvalue weighted by atomic mass is 16.5. The van der Waals surface area contributed by atoms with Gasteiger partial charge in [0.15, 0.2) is 11.5 Å². The van der Waals surface area contributed by atoms with Crippen molar-refractivity contribution < 1.29 is 14.1 Å². The molecule has 0 unspecified atom stereocenters. The minimum absolute atomic E-state index is 0.204. The first-order valence-corrected chi connectivity index (χ1v) is 7.43. The van der Waals surface area contributed by atoms with Crippen LogP contribution in [0.5, 0.6) is 5.75 Å². The number of nitrogens with zero attached hydrogens (tertiary/aromatic N) is 3. The fraction of sp³-hybridized carbons (Fsp3) is 0.167. The molecule has 122 valence electrons. The molecule has 6 heteroatoms. The Morgan fingerprint density at radius 2 is 2.04 bits per heavy atom. The third kappa shape index (κ3) is 3.43. The second-order valence-corrected chi connectivity index (χ2v) is 5.33. The molecule has 0 saturated heterocycles. The van der Waals surface area contributed by atoms with Crippen molar-refractivity contribution in [2.24, 2.45) is 0 Å². The van der Waals surface area contributed by atoms with E-state index in [4.69, 9.17) is 9.26 Å². The van der Waals surface area contributed by atoms with Crippen LogP contribution in [0.25, 0.3) is 11.3 Å². The number of benzene rings is 1. The van der Waals surface area contributed by atoms with Crippen LogP contribution in [0.1, 0.15) is 16.1 Å². The van der Waals surface area contributed by atoms with Gasteiger partial charge in [-0.15, -0.1) is 0 Å². The van der Waals surface area contributed by atoms with E-state index in [1.165, 1.54) is 0 Å². The van der Waals surface area contributed by atoms with Crippen LogP contribution in [0.15, 0.2) is 59.4 Å². The first kappa shape index (κ1) is 15.7. The van der Waals surface area contributed by atoms with Gasteiger partial charge >= 0.3 is 0 Å². The van der Waals surface area contributed by atoms with Crippen molar-refractivity contribution in [3.63, 3.8) is 0 Å². The summed E-state index contributed by atoms with van der Waals surface area (Å²) < 4.78 is 10.4. The number of amides is 1. The van der Waals surface area contributed by atoms with Crippen molar-refractivity contribution in [1.82, 2.24) is 15.0 Å². The lowest BCUT2D eigenvalue weighted by atomic mass is 10.2. The third-order valence-corrected chi connectivity index (χ3v) is 3.60. The quantitative estimate of drug-likeness (QED) is 0.722. The van der Waals surface area contributed by atoms with Gasteiger partial charge in [-0.3, -0.25) is 9.78 Å². The number of ether oxygens (including phenoxy) is 1. The average molecular weight is 323 g/mol. The number of pyridine rings is 1. The molecule has 0 bridgehead atoms. The molecule has 1 aromatic carbocycles. The van der Waals surface area contributed by atoms with Crippen LogP contribution in [-0.4, -0.2) is 35.1 Å². The largest absolute Gasteiger partial charge is 0.497 e. The molecule has 0 aliphatic heterocycles. The minimum Gasteiger partial charge on any atom is -0.497 e. The van der Waals surface area contributed by atoms with Gasteiger partial charge in [-0.05, 0) is 29.8 Å². The number of carbonyl (C=O) groups is 1. The molecule has 0 saturated carbocycles. The van der Waals surface area contributed by atoms with Crippen LogP contribution < -0.4 is 4.74 Å². The Morgan fingerprint density at radius 1 is 1.25 bits per heavy atom. The van der Waals surface area contributed by atoms with Crippen LogP contribution in [-0.2, 0) is 6.54 Å². The molecule has 0 spiro atoms. The predicted octanol–water partition coefficient (Wildman–Crippen LogP) is 3.02. The van der Waals surface area contributed by atoms with Crippen molar-refractivity contribution in [3.8, 4) is 17.1 Å². The summed E-state index contributed by atoms with van der Waals surface area (Å²) in [6, 6.07) is 12.9. The minimum atomic E-state index is -0.204. The van der Waals surface area contributed by atoms with E-state index in [9.17, 15) is 4.79 Å². The topological polar surface area (TPSA) is 68.5 Å². The van der Waals surface area contributed by atoms with Gasteiger partial charge in [-0.2, -0.15) is 0 Å². The highest BCUT2D eigenvalue weighted by molar-refractivity contribution is 5.92. The van der Waals surface area contributed by atoms with Crippen LogP contribution in [0, 0.1) is 0 Å². The fourth-order valence-electron chi connectivity index (χ4n) is 2.29. The summed E-state index contributed by atoms with van der Waals surface area (Å²) in [7, 11) is 3.35. The van der Waals surface area contributed by atoms with E-state index in [2.05, 4.69) is 10.1 Å². The molecule has 3 aromatic rings. The monoisotopic (exact) mass is 323 g/mol. The normalized spacial score (nSPS) is 10.4. The third-order valence-electron chi connectivity index (χ3n) is 3.60. The van der Waals surface area contributed by atoms with E-state index < -0.39 is 0 Å². The molecule has 0 fully saturated rings. The predicted molar refractivity (Wildman–Crippen MR) is 88.5 cm³/mol. The molecular weight excluding hydrogens is 306 g/mol. The summed E-state index contributed by atoms with van der Waals surface area (Å²) in [6.45, 7) is 0.470. The summed E-state index contributed by atoms with van der Waals surface area (Å²) in [5.74, 6) is 1.10. The van der Waals surface area contributed by atoms with Gasteiger partial charge < -0.3 is 14.2 Å². The summed E-state index contributed by atoms with van der Waals surface area (Å²) in [4.78, 5) is 18.1. The van der Waals surface area contributed by atoms with E-state index in [-0.39, 0.29) is 11.6 Å². The van der Waals surface area contributed by atoms with Gasteiger partial charge in [0.25, 0.3) is 5.91 Å². The molecule has 0 N–H and O–H groups in total. The van der Waals surface area contributed by atoms with Gasteiger partial charge in [-0.1, -0.05) is 17.3 Å². The second kappa shape index (κ2) is 6.95.